The molecular weight excluding hydrogens is 224 g/mol. The minimum atomic E-state index is -0.230. The van der Waals surface area contributed by atoms with Gasteiger partial charge in [0.25, 0.3) is 0 Å². The third kappa shape index (κ3) is 2.39. The summed E-state index contributed by atoms with van der Waals surface area (Å²) in [6.07, 6.45) is -0.230. The molecule has 0 aliphatic rings. The quantitative estimate of drug-likeness (QED) is 0.888. The number of phenols is 1. The van der Waals surface area contributed by atoms with Crippen molar-refractivity contribution in [2.24, 2.45) is 0 Å². The molecule has 0 aliphatic carbocycles. The summed E-state index contributed by atoms with van der Waals surface area (Å²) >= 11 is 0. The highest BCUT2D eigenvalue weighted by molar-refractivity contribution is 5.43. The van der Waals surface area contributed by atoms with Crippen molar-refractivity contribution in [1.29, 1.82) is 0 Å². The molecule has 1 unspecified atom stereocenters. The van der Waals surface area contributed by atoms with Crippen LogP contribution in [0.2, 0.25) is 0 Å². The Kier molecular flexibility index (Phi) is 3.68. The van der Waals surface area contributed by atoms with Gasteiger partial charge < -0.3 is 9.84 Å². The van der Waals surface area contributed by atoms with E-state index in [0.717, 1.165) is 16.7 Å². The second kappa shape index (κ2) is 5.23. The lowest BCUT2D eigenvalue weighted by molar-refractivity contribution is 0.133. The van der Waals surface area contributed by atoms with Crippen LogP contribution in [0.25, 0.3) is 0 Å². The monoisotopic (exact) mass is 242 g/mol. The van der Waals surface area contributed by atoms with Gasteiger partial charge in [-0.25, -0.2) is 0 Å². The molecule has 0 saturated heterocycles. The number of rotatable bonds is 3. The van der Waals surface area contributed by atoms with E-state index in [0.29, 0.717) is 0 Å². The van der Waals surface area contributed by atoms with Gasteiger partial charge in [0, 0.05) is 12.7 Å². The fraction of sp³-hybridized carbons (Fsp3) is 0.250. The van der Waals surface area contributed by atoms with Gasteiger partial charge in [-0.1, -0.05) is 42.0 Å². The van der Waals surface area contributed by atoms with E-state index in [1.807, 2.05) is 18.2 Å². The zero-order chi connectivity index (χ0) is 13.1. The molecule has 0 radical (unpaired) electrons. The summed E-state index contributed by atoms with van der Waals surface area (Å²) in [6.45, 7) is 4.11. The van der Waals surface area contributed by atoms with Crippen LogP contribution in [0.1, 0.15) is 28.4 Å². The van der Waals surface area contributed by atoms with Crippen molar-refractivity contribution in [2.75, 3.05) is 7.11 Å². The van der Waals surface area contributed by atoms with Crippen molar-refractivity contribution in [3.05, 3.63) is 64.7 Å². The largest absolute Gasteiger partial charge is 0.508 e. The number of hydrogen-bond acceptors (Lipinski definition) is 2. The van der Waals surface area contributed by atoms with Crippen molar-refractivity contribution in [3.8, 4) is 5.75 Å². The minimum absolute atomic E-state index is 0.230. The first-order valence-corrected chi connectivity index (χ1v) is 6.01. The van der Waals surface area contributed by atoms with Crippen LogP contribution < -0.4 is 0 Å². The zero-order valence-corrected chi connectivity index (χ0v) is 11.0. The number of ether oxygens (including phenoxy) is 1. The van der Waals surface area contributed by atoms with Crippen LogP contribution in [0, 0.1) is 13.8 Å². The van der Waals surface area contributed by atoms with E-state index in [4.69, 9.17) is 4.74 Å². The highest BCUT2D eigenvalue weighted by Gasteiger charge is 2.18. The first-order valence-electron chi connectivity index (χ1n) is 6.01. The molecule has 2 rings (SSSR count). The van der Waals surface area contributed by atoms with E-state index in [1.165, 1.54) is 5.56 Å². The van der Waals surface area contributed by atoms with Gasteiger partial charge >= 0.3 is 0 Å². The van der Waals surface area contributed by atoms with Crippen LogP contribution in [-0.4, -0.2) is 12.2 Å². The normalized spacial score (nSPS) is 12.4. The summed E-state index contributed by atoms with van der Waals surface area (Å²) in [5, 5.41) is 9.95. The van der Waals surface area contributed by atoms with Crippen molar-refractivity contribution in [3.63, 3.8) is 0 Å². The van der Waals surface area contributed by atoms with Crippen molar-refractivity contribution in [1.82, 2.24) is 0 Å². The maximum Gasteiger partial charge on any atom is 0.121 e. The third-order valence-corrected chi connectivity index (χ3v) is 3.17. The molecule has 2 aromatic rings. The van der Waals surface area contributed by atoms with Crippen molar-refractivity contribution >= 4 is 0 Å². The van der Waals surface area contributed by atoms with Crippen LogP contribution in [0.4, 0.5) is 0 Å². The van der Waals surface area contributed by atoms with Gasteiger partial charge in [0.05, 0.1) is 0 Å². The van der Waals surface area contributed by atoms with E-state index in [1.54, 1.807) is 13.2 Å². The molecule has 2 aromatic carbocycles. The summed E-state index contributed by atoms with van der Waals surface area (Å²) in [6, 6.07) is 13.6. The first kappa shape index (κ1) is 12.7. The molecule has 94 valence electrons. The Morgan fingerprint density at radius 1 is 1.00 bits per heavy atom. The molecule has 0 fully saturated rings. The average molecular weight is 242 g/mol. The molecule has 0 bridgehead atoms. The predicted octanol–water partition coefficient (Wildman–Crippen LogP) is 3.74. The SMILES string of the molecule is COC(c1cc(C)ccc1C)c1ccccc1O. The topological polar surface area (TPSA) is 29.5 Å². The van der Waals surface area contributed by atoms with Crippen LogP contribution in [0.5, 0.6) is 5.75 Å². The predicted molar refractivity (Wildman–Crippen MR) is 72.9 cm³/mol. The number of hydrogen-bond donors (Lipinski definition) is 1. The van der Waals surface area contributed by atoms with Gasteiger partial charge in [-0.15, -0.1) is 0 Å². The molecule has 0 amide bonds. The Hall–Kier alpha value is -1.80. The van der Waals surface area contributed by atoms with Crippen molar-refractivity contribution < 1.29 is 9.84 Å². The number of aromatic hydroxyl groups is 1. The van der Waals surface area contributed by atoms with Crippen LogP contribution in [0.3, 0.4) is 0 Å². The van der Waals surface area contributed by atoms with Crippen LogP contribution in [0.15, 0.2) is 42.5 Å². The number of phenolic OH excluding ortho intramolecular Hbond substituents is 1. The van der Waals surface area contributed by atoms with Gasteiger partial charge in [-0.05, 0) is 31.0 Å². The second-order valence-corrected chi connectivity index (χ2v) is 4.53. The van der Waals surface area contributed by atoms with Gasteiger partial charge in [0.1, 0.15) is 11.9 Å². The van der Waals surface area contributed by atoms with Crippen molar-refractivity contribution in [2.45, 2.75) is 20.0 Å². The first-order chi connectivity index (χ1) is 8.63. The van der Waals surface area contributed by atoms with Gasteiger partial charge in [0.2, 0.25) is 0 Å². The van der Waals surface area contributed by atoms with E-state index in [-0.39, 0.29) is 11.9 Å². The van der Waals surface area contributed by atoms with E-state index < -0.39 is 0 Å². The van der Waals surface area contributed by atoms with E-state index in [9.17, 15) is 5.11 Å². The molecule has 0 spiro atoms. The molecule has 0 aliphatic heterocycles. The Labute approximate surface area is 108 Å². The summed E-state index contributed by atoms with van der Waals surface area (Å²) in [5.74, 6) is 0.269. The lowest BCUT2D eigenvalue weighted by Gasteiger charge is -2.20. The molecule has 0 heterocycles. The smallest absolute Gasteiger partial charge is 0.121 e. The highest BCUT2D eigenvalue weighted by Crippen LogP contribution is 2.33. The average Bonchev–Trinajstić information content (AvgIpc) is 2.36. The highest BCUT2D eigenvalue weighted by atomic mass is 16.5. The molecule has 18 heavy (non-hydrogen) atoms. The number of benzene rings is 2. The summed E-state index contributed by atoms with van der Waals surface area (Å²) in [7, 11) is 1.67. The summed E-state index contributed by atoms with van der Waals surface area (Å²) in [5.41, 5.74) is 4.25. The molecule has 0 saturated carbocycles. The standard InChI is InChI=1S/C16H18O2/c1-11-8-9-12(2)14(10-11)16(18-3)13-6-4-5-7-15(13)17/h4-10,16-17H,1-3H3. The second-order valence-electron chi connectivity index (χ2n) is 4.53. The summed E-state index contributed by atoms with van der Waals surface area (Å²) in [4.78, 5) is 0. The zero-order valence-electron chi connectivity index (χ0n) is 11.0. The maximum absolute atomic E-state index is 9.95. The van der Waals surface area contributed by atoms with Crippen LogP contribution >= 0.6 is 0 Å². The molecule has 2 nitrogen and oxygen atoms in total. The van der Waals surface area contributed by atoms with Gasteiger partial charge in [-0.3, -0.25) is 0 Å². The molecular formula is C16H18O2. The van der Waals surface area contributed by atoms with Crippen LogP contribution in [-0.2, 0) is 4.74 Å². The molecule has 0 aromatic heterocycles. The van der Waals surface area contributed by atoms with E-state index >= 15 is 0 Å². The number of para-hydroxylation sites is 1. The molecule has 1 atom stereocenters. The molecule has 2 heteroatoms. The van der Waals surface area contributed by atoms with Gasteiger partial charge in [0.15, 0.2) is 0 Å². The fourth-order valence-electron chi connectivity index (χ4n) is 2.17. The molecule has 1 N–H and O–H groups in total. The number of methoxy groups -OCH3 is 1. The minimum Gasteiger partial charge on any atom is -0.508 e. The van der Waals surface area contributed by atoms with E-state index in [2.05, 4.69) is 32.0 Å². The Balaban J connectivity index is 2.52. The Bertz CT molecular complexity index is 547. The number of aryl methyl sites for hydroxylation is 2. The fourth-order valence-corrected chi connectivity index (χ4v) is 2.17. The Morgan fingerprint density at radius 2 is 1.72 bits per heavy atom. The Morgan fingerprint density at radius 3 is 2.39 bits per heavy atom. The third-order valence-electron chi connectivity index (χ3n) is 3.17. The lowest BCUT2D eigenvalue weighted by atomic mass is 9.95. The lowest BCUT2D eigenvalue weighted by Crippen LogP contribution is -2.06. The maximum atomic E-state index is 9.95. The summed E-state index contributed by atoms with van der Waals surface area (Å²) < 4.78 is 5.58. The van der Waals surface area contributed by atoms with Gasteiger partial charge in [-0.2, -0.15) is 0 Å².